The summed E-state index contributed by atoms with van der Waals surface area (Å²) in [6.07, 6.45) is 0.688. The second-order valence-electron chi connectivity index (χ2n) is 6.02. The molecule has 0 bridgehead atoms. The Kier molecular flexibility index (Phi) is 5.43. The first-order valence-electron chi connectivity index (χ1n) is 8.43. The van der Waals surface area contributed by atoms with Gasteiger partial charge in [-0.05, 0) is 21.9 Å². The molecule has 1 amide bonds. The third-order valence-corrected chi connectivity index (χ3v) is 4.28. The highest BCUT2D eigenvalue weighted by Gasteiger charge is 2.15. The molecule has 0 N–H and O–H groups in total. The molecule has 3 aromatic rings. The minimum absolute atomic E-state index is 0.0513. The van der Waals surface area contributed by atoms with E-state index >= 15 is 0 Å². The van der Waals surface area contributed by atoms with Crippen molar-refractivity contribution in [3.05, 3.63) is 83.9 Å². The summed E-state index contributed by atoms with van der Waals surface area (Å²) < 4.78 is 0. The molecule has 0 aromatic heterocycles. The Bertz CT molecular complexity index is 891. The van der Waals surface area contributed by atoms with E-state index in [2.05, 4.69) is 24.3 Å². The molecule has 0 saturated carbocycles. The summed E-state index contributed by atoms with van der Waals surface area (Å²) in [5, 5.41) is 11.2. The average molecular weight is 328 g/mol. The Labute approximate surface area is 148 Å². The lowest BCUT2D eigenvalue weighted by Gasteiger charge is -2.22. The molecule has 0 fully saturated rings. The van der Waals surface area contributed by atoms with Gasteiger partial charge in [-0.25, -0.2) is 0 Å². The number of hydrogen-bond acceptors (Lipinski definition) is 2. The molecule has 0 radical (unpaired) electrons. The number of hydrogen-bond donors (Lipinski definition) is 0. The number of rotatable bonds is 6. The summed E-state index contributed by atoms with van der Waals surface area (Å²) in [5.41, 5.74) is 2.10. The van der Waals surface area contributed by atoms with Gasteiger partial charge in [0.25, 0.3) is 0 Å². The molecule has 0 spiro atoms. The molecule has 3 rings (SSSR count). The smallest absolute Gasteiger partial charge is 0.227 e. The number of amides is 1. The zero-order valence-corrected chi connectivity index (χ0v) is 14.1. The minimum atomic E-state index is 0.0513. The van der Waals surface area contributed by atoms with E-state index in [9.17, 15) is 4.79 Å². The molecule has 0 atom stereocenters. The van der Waals surface area contributed by atoms with Crippen LogP contribution in [0.2, 0.25) is 0 Å². The standard InChI is InChI=1S/C22H20N2O/c23-14-7-15-24(17-18-8-2-1-3-9-18)22(25)16-20-12-6-11-19-10-4-5-13-21(19)20/h1-6,8-13H,7,15-17H2. The second-order valence-corrected chi connectivity index (χ2v) is 6.02. The van der Waals surface area contributed by atoms with Gasteiger partial charge in [-0.3, -0.25) is 4.79 Å². The van der Waals surface area contributed by atoms with E-state index in [0.29, 0.717) is 25.9 Å². The van der Waals surface area contributed by atoms with Crippen LogP contribution in [-0.2, 0) is 17.8 Å². The van der Waals surface area contributed by atoms with Gasteiger partial charge in [0.2, 0.25) is 5.91 Å². The van der Waals surface area contributed by atoms with Crippen molar-refractivity contribution in [1.82, 2.24) is 4.90 Å². The molecule has 3 nitrogen and oxygen atoms in total. The number of nitrogens with zero attached hydrogens (tertiary/aromatic N) is 2. The lowest BCUT2D eigenvalue weighted by atomic mass is 10.0. The van der Waals surface area contributed by atoms with Crippen molar-refractivity contribution in [3.63, 3.8) is 0 Å². The maximum atomic E-state index is 12.9. The van der Waals surface area contributed by atoms with Crippen LogP contribution >= 0.6 is 0 Å². The monoisotopic (exact) mass is 328 g/mol. The van der Waals surface area contributed by atoms with Crippen molar-refractivity contribution in [2.75, 3.05) is 6.54 Å². The van der Waals surface area contributed by atoms with Crippen molar-refractivity contribution in [3.8, 4) is 6.07 Å². The number of benzene rings is 3. The van der Waals surface area contributed by atoms with Crippen LogP contribution in [0.3, 0.4) is 0 Å². The van der Waals surface area contributed by atoms with Gasteiger partial charge in [0.1, 0.15) is 0 Å². The highest BCUT2D eigenvalue weighted by atomic mass is 16.2. The summed E-state index contributed by atoms with van der Waals surface area (Å²) in [4.78, 5) is 14.7. The molecule has 25 heavy (non-hydrogen) atoms. The molecule has 0 aliphatic heterocycles. The van der Waals surface area contributed by atoms with Gasteiger partial charge in [-0.2, -0.15) is 5.26 Å². The summed E-state index contributed by atoms with van der Waals surface area (Å²) >= 11 is 0. The van der Waals surface area contributed by atoms with E-state index in [-0.39, 0.29) is 5.91 Å². The maximum Gasteiger partial charge on any atom is 0.227 e. The highest BCUT2D eigenvalue weighted by Crippen LogP contribution is 2.20. The van der Waals surface area contributed by atoms with E-state index in [1.54, 1.807) is 4.90 Å². The SMILES string of the molecule is N#CCCN(Cc1ccccc1)C(=O)Cc1cccc2ccccc12. The Morgan fingerprint density at radius 1 is 0.920 bits per heavy atom. The zero-order chi connectivity index (χ0) is 17.5. The zero-order valence-electron chi connectivity index (χ0n) is 14.1. The first kappa shape index (κ1) is 16.7. The van der Waals surface area contributed by atoms with E-state index in [0.717, 1.165) is 21.9 Å². The highest BCUT2D eigenvalue weighted by molar-refractivity contribution is 5.90. The summed E-state index contributed by atoms with van der Waals surface area (Å²) in [6, 6.07) is 26.2. The summed E-state index contributed by atoms with van der Waals surface area (Å²) in [6.45, 7) is 0.987. The Balaban J connectivity index is 1.80. The molecule has 0 saturated heterocycles. The van der Waals surface area contributed by atoms with Gasteiger partial charge in [0, 0.05) is 13.1 Å². The number of fused-ring (bicyclic) bond motifs is 1. The van der Waals surface area contributed by atoms with E-state index in [4.69, 9.17) is 5.26 Å². The third kappa shape index (κ3) is 4.24. The number of carbonyl (C=O) groups excluding carboxylic acids is 1. The molecular formula is C22H20N2O. The Morgan fingerprint density at radius 3 is 2.44 bits per heavy atom. The fourth-order valence-corrected chi connectivity index (χ4v) is 3.00. The van der Waals surface area contributed by atoms with Crippen LogP contribution in [0, 0.1) is 11.3 Å². The fraction of sp³-hybridized carbons (Fsp3) is 0.182. The van der Waals surface area contributed by atoms with Crippen LogP contribution in [0.25, 0.3) is 10.8 Å². The minimum Gasteiger partial charge on any atom is -0.337 e. The molecule has 0 unspecified atom stereocenters. The quantitative estimate of drug-likeness (QED) is 0.676. The van der Waals surface area contributed by atoms with Crippen LogP contribution in [0.5, 0.6) is 0 Å². The third-order valence-electron chi connectivity index (χ3n) is 4.28. The molecule has 0 aliphatic rings. The fourth-order valence-electron chi connectivity index (χ4n) is 3.00. The topological polar surface area (TPSA) is 44.1 Å². The Hall–Kier alpha value is -3.12. The number of carbonyl (C=O) groups is 1. The van der Waals surface area contributed by atoms with Crippen molar-refractivity contribution in [2.24, 2.45) is 0 Å². The van der Waals surface area contributed by atoms with Gasteiger partial charge in [-0.1, -0.05) is 72.8 Å². The molecule has 3 aromatic carbocycles. The molecule has 0 heterocycles. The lowest BCUT2D eigenvalue weighted by Crippen LogP contribution is -2.32. The van der Waals surface area contributed by atoms with Crippen LogP contribution in [0.4, 0.5) is 0 Å². The summed E-state index contributed by atoms with van der Waals surface area (Å²) in [5.74, 6) is 0.0513. The van der Waals surface area contributed by atoms with Gasteiger partial charge in [0.05, 0.1) is 18.9 Å². The maximum absolute atomic E-state index is 12.9. The predicted octanol–water partition coefficient (Wildman–Crippen LogP) is 4.32. The van der Waals surface area contributed by atoms with Crippen molar-refractivity contribution in [2.45, 2.75) is 19.4 Å². The van der Waals surface area contributed by atoms with Gasteiger partial charge >= 0.3 is 0 Å². The van der Waals surface area contributed by atoms with Gasteiger partial charge in [-0.15, -0.1) is 0 Å². The normalized spacial score (nSPS) is 10.4. The van der Waals surface area contributed by atoms with E-state index in [1.807, 2.05) is 54.6 Å². The van der Waals surface area contributed by atoms with E-state index in [1.165, 1.54) is 0 Å². The number of nitriles is 1. The summed E-state index contributed by atoms with van der Waals surface area (Å²) in [7, 11) is 0. The van der Waals surface area contributed by atoms with Crippen LogP contribution in [0.1, 0.15) is 17.5 Å². The van der Waals surface area contributed by atoms with Crippen molar-refractivity contribution in [1.29, 1.82) is 5.26 Å². The molecular weight excluding hydrogens is 308 g/mol. The van der Waals surface area contributed by atoms with E-state index < -0.39 is 0 Å². The second kappa shape index (κ2) is 8.12. The van der Waals surface area contributed by atoms with Crippen molar-refractivity contribution >= 4 is 16.7 Å². The lowest BCUT2D eigenvalue weighted by molar-refractivity contribution is -0.131. The largest absolute Gasteiger partial charge is 0.337 e. The van der Waals surface area contributed by atoms with Gasteiger partial charge < -0.3 is 4.90 Å². The van der Waals surface area contributed by atoms with Crippen LogP contribution in [0.15, 0.2) is 72.8 Å². The van der Waals surface area contributed by atoms with Crippen LogP contribution in [-0.4, -0.2) is 17.4 Å². The predicted molar refractivity (Wildman–Crippen MR) is 99.7 cm³/mol. The molecule has 3 heteroatoms. The first-order valence-corrected chi connectivity index (χ1v) is 8.43. The van der Waals surface area contributed by atoms with Crippen LogP contribution < -0.4 is 0 Å². The molecule has 124 valence electrons. The Morgan fingerprint density at radius 2 is 1.64 bits per heavy atom. The molecule has 0 aliphatic carbocycles. The van der Waals surface area contributed by atoms with Crippen molar-refractivity contribution < 1.29 is 4.79 Å². The van der Waals surface area contributed by atoms with Gasteiger partial charge in [0.15, 0.2) is 0 Å². The average Bonchev–Trinajstić information content (AvgIpc) is 2.66. The first-order chi connectivity index (χ1) is 12.3.